The molecule has 0 saturated heterocycles. The lowest BCUT2D eigenvalue weighted by molar-refractivity contribution is -0.167. The summed E-state index contributed by atoms with van der Waals surface area (Å²) >= 11 is 0. The van der Waals surface area contributed by atoms with Gasteiger partial charge in [0.05, 0.1) is 0 Å². The quantitative estimate of drug-likeness (QED) is 0.0344. The molecular formula is C55H106O6. The Labute approximate surface area is 380 Å². The van der Waals surface area contributed by atoms with Crippen molar-refractivity contribution in [3.63, 3.8) is 0 Å². The number of rotatable bonds is 49. The van der Waals surface area contributed by atoms with Gasteiger partial charge in [-0.25, -0.2) is 0 Å². The monoisotopic (exact) mass is 863 g/mol. The van der Waals surface area contributed by atoms with Gasteiger partial charge in [0.25, 0.3) is 0 Å². The molecule has 3 atom stereocenters. The molecule has 0 radical (unpaired) electrons. The Kier molecular flexibility index (Phi) is 46.6. The second-order valence-corrected chi connectivity index (χ2v) is 19.4. The van der Waals surface area contributed by atoms with E-state index in [1.54, 1.807) is 0 Å². The van der Waals surface area contributed by atoms with Gasteiger partial charge in [0.2, 0.25) is 0 Å². The van der Waals surface area contributed by atoms with Gasteiger partial charge in [0.1, 0.15) is 13.2 Å². The zero-order valence-corrected chi connectivity index (χ0v) is 41.8. The van der Waals surface area contributed by atoms with Crippen LogP contribution in [-0.2, 0) is 28.6 Å². The molecule has 6 nitrogen and oxygen atoms in total. The molecule has 362 valence electrons. The molecule has 0 saturated carbocycles. The molecule has 61 heavy (non-hydrogen) atoms. The minimum absolute atomic E-state index is 0.0639. The van der Waals surface area contributed by atoms with Crippen molar-refractivity contribution in [2.45, 2.75) is 310 Å². The Morgan fingerprint density at radius 2 is 0.574 bits per heavy atom. The molecule has 0 heterocycles. The van der Waals surface area contributed by atoms with Gasteiger partial charge in [0, 0.05) is 19.3 Å². The highest BCUT2D eigenvalue weighted by Crippen LogP contribution is 2.18. The van der Waals surface area contributed by atoms with E-state index in [1.165, 1.54) is 193 Å². The molecule has 0 amide bonds. The van der Waals surface area contributed by atoms with Crippen molar-refractivity contribution in [2.24, 2.45) is 11.8 Å². The first kappa shape index (κ1) is 59.4. The van der Waals surface area contributed by atoms with Gasteiger partial charge < -0.3 is 14.2 Å². The van der Waals surface area contributed by atoms with Crippen molar-refractivity contribution >= 4 is 17.9 Å². The number of carbonyl (C=O) groups excluding carboxylic acids is 3. The van der Waals surface area contributed by atoms with Gasteiger partial charge in [-0.05, 0) is 31.1 Å². The summed E-state index contributed by atoms with van der Waals surface area (Å²) in [5.41, 5.74) is 0. The Morgan fingerprint density at radius 3 is 0.852 bits per heavy atom. The highest BCUT2D eigenvalue weighted by atomic mass is 16.6. The Hall–Kier alpha value is -1.59. The van der Waals surface area contributed by atoms with Gasteiger partial charge >= 0.3 is 17.9 Å². The molecule has 0 aromatic rings. The van der Waals surface area contributed by atoms with Crippen molar-refractivity contribution in [2.75, 3.05) is 13.2 Å². The number of hydrogen-bond acceptors (Lipinski definition) is 6. The van der Waals surface area contributed by atoms with Crippen LogP contribution in [0.3, 0.4) is 0 Å². The Bertz CT molecular complexity index is 935. The SMILES string of the molecule is CCCCCCCCCCCCCCCCCC(=O)OC[C@H](COC(=O)CCCCCCCCC(C)CC)OC(=O)CCCCCCCCCCCCCCCCC(C)CC. The van der Waals surface area contributed by atoms with E-state index in [1.807, 2.05) is 0 Å². The summed E-state index contributed by atoms with van der Waals surface area (Å²) in [7, 11) is 0. The fourth-order valence-electron chi connectivity index (χ4n) is 8.28. The van der Waals surface area contributed by atoms with Crippen LogP contribution >= 0.6 is 0 Å². The average molecular weight is 863 g/mol. The molecule has 0 aromatic carbocycles. The Balaban J connectivity index is 4.28. The largest absolute Gasteiger partial charge is 0.462 e. The molecule has 0 bridgehead atoms. The van der Waals surface area contributed by atoms with E-state index in [-0.39, 0.29) is 31.1 Å². The number of carbonyl (C=O) groups is 3. The summed E-state index contributed by atoms with van der Waals surface area (Å²) in [6, 6.07) is 0. The normalized spacial score (nSPS) is 12.9. The van der Waals surface area contributed by atoms with Crippen LogP contribution in [0.4, 0.5) is 0 Å². The zero-order valence-electron chi connectivity index (χ0n) is 41.8. The molecule has 0 aliphatic carbocycles. The van der Waals surface area contributed by atoms with E-state index in [0.29, 0.717) is 19.3 Å². The standard InChI is InChI=1S/C55H106O6/c1-6-9-10-11-12-13-14-15-16-20-23-26-29-35-40-45-53(56)59-48-52(49-60-54(57)46-41-36-32-31-34-39-44-51(5)8-3)61-55(58)47-42-37-30-27-24-21-18-17-19-22-25-28-33-38-43-50(4)7-2/h50-52H,6-49H2,1-5H3/t50?,51?,52-/m1/s1. The van der Waals surface area contributed by atoms with Crippen LogP contribution in [0.5, 0.6) is 0 Å². The predicted molar refractivity (Wildman–Crippen MR) is 261 cm³/mol. The summed E-state index contributed by atoms with van der Waals surface area (Å²) in [6.07, 6.45) is 49.4. The molecule has 0 aromatic heterocycles. The van der Waals surface area contributed by atoms with Gasteiger partial charge in [-0.2, -0.15) is 0 Å². The van der Waals surface area contributed by atoms with Gasteiger partial charge in [-0.3, -0.25) is 14.4 Å². The molecule has 0 N–H and O–H groups in total. The van der Waals surface area contributed by atoms with Gasteiger partial charge in [-0.1, -0.05) is 266 Å². The molecule has 0 rings (SSSR count). The molecule has 6 heteroatoms. The van der Waals surface area contributed by atoms with Crippen molar-refractivity contribution in [1.29, 1.82) is 0 Å². The maximum Gasteiger partial charge on any atom is 0.306 e. The first-order valence-electron chi connectivity index (χ1n) is 27.3. The maximum atomic E-state index is 12.8. The van der Waals surface area contributed by atoms with Crippen LogP contribution in [-0.4, -0.2) is 37.2 Å². The summed E-state index contributed by atoms with van der Waals surface area (Å²) in [6.45, 7) is 11.4. The first-order valence-corrected chi connectivity index (χ1v) is 27.3. The molecule has 2 unspecified atom stereocenters. The van der Waals surface area contributed by atoms with Gasteiger partial charge in [0.15, 0.2) is 6.10 Å². The average Bonchev–Trinajstić information content (AvgIpc) is 3.26. The highest BCUT2D eigenvalue weighted by molar-refractivity contribution is 5.71. The third kappa shape index (κ3) is 46.2. The minimum Gasteiger partial charge on any atom is -0.462 e. The Morgan fingerprint density at radius 1 is 0.328 bits per heavy atom. The summed E-state index contributed by atoms with van der Waals surface area (Å²) in [5, 5.41) is 0. The third-order valence-electron chi connectivity index (χ3n) is 13.2. The van der Waals surface area contributed by atoms with Gasteiger partial charge in [-0.15, -0.1) is 0 Å². The van der Waals surface area contributed by atoms with Crippen molar-refractivity contribution < 1.29 is 28.6 Å². The lowest BCUT2D eigenvalue weighted by Crippen LogP contribution is -2.30. The van der Waals surface area contributed by atoms with Crippen molar-refractivity contribution in [1.82, 2.24) is 0 Å². The van der Waals surface area contributed by atoms with Crippen molar-refractivity contribution in [3.05, 3.63) is 0 Å². The van der Waals surface area contributed by atoms with E-state index < -0.39 is 6.10 Å². The smallest absolute Gasteiger partial charge is 0.306 e. The van der Waals surface area contributed by atoms with Crippen LogP contribution in [0.25, 0.3) is 0 Å². The van der Waals surface area contributed by atoms with Crippen molar-refractivity contribution in [3.8, 4) is 0 Å². The molecule has 0 aliphatic heterocycles. The number of esters is 3. The second kappa shape index (κ2) is 47.9. The maximum absolute atomic E-state index is 12.8. The highest BCUT2D eigenvalue weighted by Gasteiger charge is 2.19. The van der Waals surface area contributed by atoms with Crippen LogP contribution in [0, 0.1) is 11.8 Å². The first-order chi connectivity index (χ1) is 29.8. The third-order valence-corrected chi connectivity index (χ3v) is 13.2. The lowest BCUT2D eigenvalue weighted by atomic mass is 9.99. The summed E-state index contributed by atoms with van der Waals surface area (Å²) in [5.74, 6) is 0.861. The number of ether oxygens (including phenoxy) is 3. The van der Waals surface area contributed by atoms with E-state index >= 15 is 0 Å². The van der Waals surface area contributed by atoms with Crippen LogP contribution in [0.2, 0.25) is 0 Å². The summed E-state index contributed by atoms with van der Waals surface area (Å²) < 4.78 is 16.8. The van der Waals surface area contributed by atoms with E-state index in [2.05, 4.69) is 34.6 Å². The van der Waals surface area contributed by atoms with E-state index in [0.717, 1.165) is 69.6 Å². The molecule has 0 aliphatic rings. The summed E-state index contributed by atoms with van der Waals surface area (Å²) in [4.78, 5) is 38.0. The van der Waals surface area contributed by atoms with Crippen LogP contribution < -0.4 is 0 Å². The fraction of sp³-hybridized carbons (Fsp3) is 0.945. The second-order valence-electron chi connectivity index (χ2n) is 19.4. The number of hydrogen-bond donors (Lipinski definition) is 0. The molecule has 0 fully saturated rings. The topological polar surface area (TPSA) is 78.9 Å². The fourth-order valence-corrected chi connectivity index (χ4v) is 8.28. The molecular weight excluding hydrogens is 757 g/mol. The minimum atomic E-state index is -0.762. The van der Waals surface area contributed by atoms with E-state index in [4.69, 9.17) is 14.2 Å². The van der Waals surface area contributed by atoms with Crippen LogP contribution in [0.15, 0.2) is 0 Å². The molecule has 0 spiro atoms. The lowest BCUT2D eigenvalue weighted by Gasteiger charge is -2.18. The van der Waals surface area contributed by atoms with E-state index in [9.17, 15) is 14.4 Å². The predicted octanol–water partition coefficient (Wildman–Crippen LogP) is 17.7. The van der Waals surface area contributed by atoms with Crippen LogP contribution in [0.1, 0.15) is 304 Å². The number of unbranched alkanes of at least 4 members (excludes halogenated alkanes) is 32. The zero-order chi connectivity index (χ0) is 44.7.